The zero-order valence-corrected chi connectivity index (χ0v) is 21.9. The first-order valence-corrected chi connectivity index (χ1v) is 13.3. The first-order chi connectivity index (χ1) is 16.3. The van der Waals surface area contributed by atoms with E-state index in [1.807, 2.05) is 17.5 Å². The minimum Gasteiger partial charge on any atom is -0.493 e. The van der Waals surface area contributed by atoms with Crippen LogP contribution in [0.3, 0.4) is 0 Å². The number of benzene rings is 2. The average molecular weight is 544 g/mol. The molecule has 1 aliphatic rings. The van der Waals surface area contributed by atoms with Crippen LogP contribution in [-0.2, 0) is 10.0 Å². The molecule has 0 saturated carbocycles. The monoisotopic (exact) mass is 543 g/mol. The van der Waals surface area contributed by atoms with Crippen molar-refractivity contribution in [3.8, 4) is 28.5 Å². The van der Waals surface area contributed by atoms with Gasteiger partial charge in [-0.1, -0.05) is 23.2 Å². The molecule has 0 atom stereocenters. The molecule has 2 aromatic carbocycles. The summed E-state index contributed by atoms with van der Waals surface area (Å²) in [6.07, 6.45) is 0. The van der Waals surface area contributed by atoms with Crippen LogP contribution in [-0.4, -0.2) is 65.2 Å². The summed E-state index contributed by atoms with van der Waals surface area (Å²) >= 11 is 13.6. The summed E-state index contributed by atoms with van der Waals surface area (Å²) in [7, 11) is 0.944. The Hall–Kier alpha value is -2.24. The highest BCUT2D eigenvalue weighted by Crippen LogP contribution is 2.42. The van der Waals surface area contributed by atoms with Crippen LogP contribution < -0.4 is 19.1 Å². The SMILES string of the molecule is COc1cc(-c2csc(N3CCN(S(=O)(=O)c4cc(Cl)ccc4Cl)CC3)n2)cc(OC)c1OC. The quantitative estimate of drug-likeness (QED) is 0.428. The summed E-state index contributed by atoms with van der Waals surface area (Å²) < 4.78 is 43.9. The molecule has 12 heteroatoms. The minimum atomic E-state index is -3.75. The van der Waals surface area contributed by atoms with E-state index >= 15 is 0 Å². The summed E-state index contributed by atoms with van der Waals surface area (Å²) in [6, 6.07) is 8.14. The molecule has 0 unspecified atom stereocenters. The maximum atomic E-state index is 13.1. The molecule has 0 aliphatic carbocycles. The maximum absolute atomic E-state index is 13.1. The van der Waals surface area contributed by atoms with Crippen molar-refractivity contribution in [2.24, 2.45) is 0 Å². The normalized spacial score (nSPS) is 14.8. The van der Waals surface area contributed by atoms with E-state index in [1.54, 1.807) is 27.4 Å². The molecule has 0 N–H and O–H groups in total. The van der Waals surface area contributed by atoms with Gasteiger partial charge in [-0.2, -0.15) is 4.31 Å². The molecule has 8 nitrogen and oxygen atoms in total. The number of piperazine rings is 1. The van der Waals surface area contributed by atoms with Gasteiger partial charge in [-0.05, 0) is 30.3 Å². The van der Waals surface area contributed by atoms with Crippen LogP contribution >= 0.6 is 34.5 Å². The molecule has 3 aromatic rings. The van der Waals surface area contributed by atoms with Crippen molar-refractivity contribution in [1.29, 1.82) is 0 Å². The van der Waals surface area contributed by atoms with E-state index < -0.39 is 10.0 Å². The van der Waals surface area contributed by atoms with Gasteiger partial charge in [0.2, 0.25) is 15.8 Å². The topological polar surface area (TPSA) is 81.2 Å². The Balaban J connectivity index is 1.51. The van der Waals surface area contributed by atoms with Crippen LogP contribution in [0.1, 0.15) is 0 Å². The second kappa shape index (κ2) is 10.2. The molecule has 1 aromatic heterocycles. The fourth-order valence-corrected chi connectivity index (χ4v) is 6.75. The second-order valence-corrected chi connectivity index (χ2v) is 11.0. The third-order valence-corrected chi connectivity index (χ3v) is 8.99. The smallest absolute Gasteiger partial charge is 0.244 e. The van der Waals surface area contributed by atoms with Gasteiger partial charge in [0.15, 0.2) is 16.6 Å². The molecule has 182 valence electrons. The number of anilines is 1. The van der Waals surface area contributed by atoms with Gasteiger partial charge in [0.1, 0.15) is 4.90 Å². The molecular formula is C22H23Cl2N3O5S2. The number of rotatable bonds is 7. The first kappa shape index (κ1) is 24.9. The van der Waals surface area contributed by atoms with Gasteiger partial charge < -0.3 is 19.1 Å². The van der Waals surface area contributed by atoms with Crippen LogP contribution in [0.4, 0.5) is 5.13 Å². The lowest BCUT2D eigenvalue weighted by Crippen LogP contribution is -2.48. The lowest BCUT2D eigenvalue weighted by molar-refractivity contribution is 0.324. The number of nitrogens with zero attached hydrogens (tertiary/aromatic N) is 3. The van der Waals surface area contributed by atoms with E-state index in [1.165, 1.54) is 27.8 Å². The molecule has 0 spiro atoms. The van der Waals surface area contributed by atoms with Crippen LogP contribution in [0, 0.1) is 0 Å². The Morgan fingerprint density at radius 2 is 1.59 bits per heavy atom. The Morgan fingerprint density at radius 3 is 2.18 bits per heavy atom. The van der Waals surface area contributed by atoms with Gasteiger partial charge in [0.25, 0.3) is 0 Å². The van der Waals surface area contributed by atoms with Crippen molar-refractivity contribution in [3.63, 3.8) is 0 Å². The van der Waals surface area contributed by atoms with Gasteiger partial charge in [0, 0.05) is 42.1 Å². The fraction of sp³-hybridized carbons (Fsp3) is 0.318. The summed E-state index contributed by atoms with van der Waals surface area (Å²) in [4.78, 5) is 6.86. The van der Waals surface area contributed by atoms with Gasteiger partial charge in [0.05, 0.1) is 32.0 Å². The van der Waals surface area contributed by atoms with E-state index in [-0.39, 0.29) is 9.92 Å². The van der Waals surface area contributed by atoms with Crippen molar-refractivity contribution in [2.75, 3.05) is 52.4 Å². The molecule has 0 radical (unpaired) electrons. The third-order valence-electron chi connectivity index (χ3n) is 5.47. The Kier molecular flexibility index (Phi) is 7.44. The lowest BCUT2D eigenvalue weighted by Gasteiger charge is -2.34. The highest BCUT2D eigenvalue weighted by Gasteiger charge is 2.31. The van der Waals surface area contributed by atoms with Gasteiger partial charge in [-0.15, -0.1) is 11.3 Å². The fourth-order valence-electron chi connectivity index (χ4n) is 3.70. The van der Waals surface area contributed by atoms with Gasteiger partial charge in [-0.25, -0.2) is 13.4 Å². The predicted octanol–water partition coefficient (Wildman–Crippen LogP) is 4.65. The van der Waals surface area contributed by atoms with Crippen LogP contribution in [0.5, 0.6) is 17.2 Å². The van der Waals surface area contributed by atoms with Crippen molar-refractivity contribution < 1.29 is 22.6 Å². The number of hydrogen-bond acceptors (Lipinski definition) is 8. The number of ether oxygens (including phenoxy) is 3. The summed E-state index contributed by atoms with van der Waals surface area (Å²) in [5, 5.41) is 3.23. The number of halogens is 2. The minimum absolute atomic E-state index is 0.0223. The molecule has 2 heterocycles. The summed E-state index contributed by atoms with van der Waals surface area (Å²) in [5.74, 6) is 1.61. The number of thiazole rings is 1. The van der Waals surface area contributed by atoms with Crippen LogP contribution in [0.25, 0.3) is 11.3 Å². The zero-order chi connectivity index (χ0) is 24.5. The summed E-state index contributed by atoms with van der Waals surface area (Å²) in [5.41, 5.74) is 1.59. The van der Waals surface area contributed by atoms with E-state index in [0.29, 0.717) is 48.5 Å². The Bertz CT molecular complexity index is 1270. The first-order valence-electron chi connectivity index (χ1n) is 10.2. The Labute approximate surface area is 212 Å². The van der Waals surface area contributed by atoms with Crippen molar-refractivity contribution in [1.82, 2.24) is 9.29 Å². The average Bonchev–Trinajstić information content (AvgIpc) is 3.35. The molecule has 1 saturated heterocycles. The molecule has 1 fully saturated rings. The highest BCUT2D eigenvalue weighted by atomic mass is 35.5. The lowest BCUT2D eigenvalue weighted by atomic mass is 10.1. The van der Waals surface area contributed by atoms with Crippen molar-refractivity contribution in [3.05, 3.63) is 45.8 Å². The standard InChI is InChI=1S/C22H23Cl2N3O5S2/c1-30-18-10-14(11-19(31-2)21(18)32-3)17-13-33-22(25-17)26-6-8-27(9-7-26)34(28,29)20-12-15(23)4-5-16(20)24/h4-5,10-13H,6-9H2,1-3H3. The van der Waals surface area contributed by atoms with E-state index in [4.69, 9.17) is 42.4 Å². The number of sulfonamides is 1. The molecule has 4 rings (SSSR count). The van der Waals surface area contributed by atoms with Crippen LogP contribution in [0.15, 0.2) is 40.6 Å². The Morgan fingerprint density at radius 1 is 0.941 bits per heavy atom. The molecule has 34 heavy (non-hydrogen) atoms. The number of hydrogen-bond donors (Lipinski definition) is 0. The largest absolute Gasteiger partial charge is 0.493 e. The van der Waals surface area contributed by atoms with Crippen LogP contribution in [0.2, 0.25) is 10.0 Å². The predicted molar refractivity (Wildman–Crippen MR) is 135 cm³/mol. The van der Waals surface area contributed by atoms with Gasteiger partial charge >= 0.3 is 0 Å². The van der Waals surface area contributed by atoms with E-state index in [9.17, 15) is 8.42 Å². The third kappa shape index (κ3) is 4.78. The molecular weight excluding hydrogens is 521 g/mol. The molecule has 1 aliphatic heterocycles. The zero-order valence-electron chi connectivity index (χ0n) is 18.7. The van der Waals surface area contributed by atoms with Crippen molar-refractivity contribution in [2.45, 2.75) is 4.90 Å². The van der Waals surface area contributed by atoms with E-state index in [2.05, 4.69) is 4.90 Å². The molecule has 0 bridgehead atoms. The van der Waals surface area contributed by atoms with Crippen molar-refractivity contribution >= 4 is 49.7 Å². The number of aromatic nitrogens is 1. The number of methoxy groups -OCH3 is 3. The van der Waals surface area contributed by atoms with Gasteiger partial charge in [-0.3, -0.25) is 0 Å². The van der Waals surface area contributed by atoms with E-state index in [0.717, 1.165) is 16.4 Å². The summed E-state index contributed by atoms with van der Waals surface area (Å²) in [6.45, 7) is 1.62. The maximum Gasteiger partial charge on any atom is 0.244 e. The second-order valence-electron chi connectivity index (χ2n) is 7.40. The highest BCUT2D eigenvalue weighted by molar-refractivity contribution is 7.89. The molecule has 0 amide bonds.